The van der Waals surface area contributed by atoms with Gasteiger partial charge in [0.15, 0.2) is 6.61 Å². The van der Waals surface area contributed by atoms with E-state index in [0.717, 1.165) is 16.8 Å². The molecule has 0 radical (unpaired) electrons. The van der Waals surface area contributed by atoms with E-state index in [9.17, 15) is 9.59 Å². The minimum Gasteiger partial charge on any atom is -0.452 e. The predicted molar refractivity (Wildman–Crippen MR) is 108 cm³/mol. The van der Waals surface area contributed by atoms with Crippen molar-refractivity contribution < 1.29 is 14.3 Å². The molecule has 0 aliphatic carbocycles. The zero-order valence-corrected chi connectivity index (χ0v) is 16.4. The van der Waals surface area contributed by atoms with Crippen molar-refractivity contribution in [3.05, 3.63) is 76.6 Å². The molecule has 1 aromatic heterocycles. The predicted octanol–water partition coefficient (Wildman–Crippen LogP) is 3.90. The van der Waals surface area contributed by atoms with E-state index < -0.39 is 5.97 Å². The van der Waals surface area contributed by atoms with Gasteiger partial charge in [-0.2, -0.15) is 5.10 Å². The maximum Gasteiger partial charge on any atom is 0.342 e. The third-order valence-corrected chi connectivity index (χ3v) is 4.49. The summed E-state index contributed by atoms with van der Waals surface area (Å²) in [4.78, 5) is 24.7. The fourth-order valence-electron chi connectivity index (χ4n) is 3.10. The number of esters is 1. The Hall–Kier alpha value is -3.41. The molecule has 0 unspecified atom stereocenters. The normalized spacial score (nSPS) is 10.6. The molecule has 0 saturated carbocycles. The minimum absolute atomic E-state index is 0.360. The van der Waals surface area contributed by atoms with Crippen LogP contribution >= 0.6 is 0 Å². The van der Waals surface area contributed by atoms with Crippen molar-refractivity contribution in [2.24, 2.45) is 0 Å². The van der Waals surface area contributed by atoms with Crippen LogP contribution in [0.15, 0.2) is 48.5 Å². The molecule has 144 valence electrons. The van der Waals surface area contributed by atoms with E-state index in [1.54, 1.807) is 18.5 Å². The van der Waals surface area contributed by atoms with Crippen molar-refractivity contribution in [3.63, 3.8) is 0 Å². The molecule has 6 nitrogen and oxygen atoms in total. The maximum absolute atomic E-state index is 12.5. The first kappa shape index (κ1) is 19.4. The first-order valence-corrected chi connectivity index (χ1v) is 9.02. The minimum atomic E-state index is -0.562. The highest BCUT2D eigenvalue weighted by Crippen LogP contribution is 2.19. The molecule has 0 saturated heterocycles. The second-order valence-corrected chi connectivity index (χ2v) is 6.74. The first-order valence-electron chi connectivity index (χ1n) is 9.02. The van der Waals surface area contributed by atoms with Crippen molar-refractivity contribution >= 4 is 17.6 Å². The van der Waals surface area contributed by atoms with Gasteiger partial charge in [-0.05, 0) is 51.5 Å². The summed E-state index contributed by atoms with van der Waals surface area (Å²) in [5, 5.41) is 7.20. The van der Waals surface area contributed by atoms with Gasteiger partial charge in [0.1, 0.15) is 5.56 Å². The van der Waals surface area contributed by atoms with Gasteiger partial charge in [-0.15, -0.1) is 0 Å². The lowest BCUT2D eigenvalue weighted by molar-refractivity contribution is -0.119. The average molecular weight is 377 g/mol. The number of nitrogens with one attached hydrogen (secondary N) is 1. The van der Waals surface area contributed by atoms with Crippen LogP contribution in [0.4, 0.5) is 5.69 Å². The Morgan fingerprint density at radius 1 is 1.04 bits per heavy atom. The number of anilines is 1. The third-order valence-electron chi connectivity index (χ3n) is 4.49. The van der Waals surface area contributed by atoms with Gasteiger partial charge in [0.25, 0.3) is 5.91 Å². The molecule has 6 heteroatoms. The monoisotopic (exact) mass is 377 g/mol. The van der Waals surface area contributed by atoms with E-state index in [2.05, 4.69) is 10.4 Å². The van der Waals surface area contributed by atoms with E-state index in [0.29, 0.717) is 22.6 Å². The van der Waals surface area contributed by atoms with Gasteiger partial charge in [-0.1, -0.05) is 35.9 Å². The van der Waals surface area contributed by atoms with Gasteiger partial charge in [-0.3, -0.25) is 4.79 Å². The van der Waals surface area contributed by atoms with Crippen molar-refractivity contribution in [2.45, 2.75) is 27.7 Å². The number of aromatic nitrogens is 2. The van der Waals surface area contributed by atoms with Crippen LogP contribution in [-0.2, 0) is 9.53 Å². The molecule has 2 aromatic carbocycles. The Bertz CT molecular complexity index is 1020. The molecule has 0 bridgehead atoms. The van der Waals surface area contributed by atoms with E-state index >= 15 is 0 Å². The molecular weight excluding hydrogens is 354 g/mol. The van der Waals surface area contributed by atoms with Crippen LogP contribution in [0.2, 0.25) is 0 Å². The molecule has 0 aliphatic rings. The van der Waals surface area contributed by atoms with Gasteiger partial charge in [-0.25, -0.2) is 9.48 Å². The third kappa shape index (κ3) is 4.11. The maximum atomic E-state index is 12.5. The molecule has 0 spiro atoms. The standard InChI is InChI=1S/C22H23N3O3/c1-14-10-11-19(15(2)12-14)23-20(26)13-28-22(27)21-16(3)24-25(17(21)4)18-8-6-5-7-9-18/h5-12H,13H2,1-4H3,(H,23,26). The largest absolute Gasteiger partial charge is 0.452 e. The molecule has 1 heterocycles. The van der Waals surface area contributed by atoms with Crippen molar-refractivity contribution in [2.75, 3.05) is 11.9 Å². The summed E-state index contributed by atoms with van der Waals surface area (Å²) in [6, 6.07) is 15.3. The lowest BCUT2D eigenvalue weighted by Crippen LogP contribution is -2.21. The summed E-state index contributed by atoms with van der Waals surface area (Å²) in [6.07, 6.45) is 0. The second-order valence-electron chi connectivity index (χ2n) is 6.74. The number of aryl methyl sites for hydroxylation is 3. The van der Waals surface area contributed by atoms with Gasteiger partial charge in [0.2, 0.25) is 0 Å². The second kappa shape index (κ2) is 8.08. The first-order chi connectivity index (χ1) is 13.4. The summed E-state index contributed by atoms with van der Waals surface area (Å²) in [5.41, 5.74) is 5.23. The van der Waals surface area contributed by atoms with Crippen LogP contribution in [0.1, 0.15) is 32.9 Å². The number of ether oxygens (including phenoxy) is 1. The molecule has 3 aromatic rings. The Kier molecular flexibility index (Phi) is 5.59. The Balaban J connectivity index is 1.68. The summed E-state index contributed by atoms with van der Waals surface area (Å²) in [6.45, 7) is 7.10. The van der Waals surface area contributed by atoms with Crippen LogP contribution in [-0.4, -0.2) is 28.3 Å². The Morgan fingerprint density at radius 2 is 1.75 bits per heavy atom. The molecule has 3 rings (SSSR count). The topological polar surface area (TPSA) is 73.2 Å². The van der Waals surface area contributed by atoms with E-state index in [1.807, 2.05) is 62.4 Å². The molecule has 28 heavy (non-hydrogen) atoms. The van der Waals surface area contributed by atoms with Crippen molar-refractivity contribution in [1.29, 1.82) is 0 Å². The van der Waals surface area contributed by atoms with Crippen LogP contribution in [0.3, 0.4) is 0 Å². The van der Waals surface area contributed by atoms with Crippen molar-refractivity contribution in [1.82, 2.24) is 9.78 Å². The SMILES string of the molecule is Cc1ccc(NC(=O)COC(=O)c2c(C)nn(-c3ccccc3)c2C)c(C)c1. The highest BCUT2D eigenvalue weighted by atomic mass is 16.5. The average Bonchev–Trinajstić information content (AvgIpc) is 2.97. The summed E-state index contributed by atoms with van der Waals surface area (Å²) < 4.78 is 6.93. The van der Waals surface area contributed by atoms with Gasteiger partial charge in [0, 0.05) is 5.69 Å². The quantitative estimate of drug-likeness (QED) is 0.685. The molecular formula is C22H23N3O3. The number of hydrogen-bond donors (Lipinski definition) is 1. The molecule has 0 atom stereocenters. The summed E-state index contributed by atoms with van der Waals surface area (Å²) in [5.74, 6) is -0.945. The molecule has 0 aliphatic heterocycles. The zero-order chi connectivity index (χ0) is 20.3. The summed E-state index contributed by atoms with van der Waals surface area (Å²) in [7, 11) is 0. The molecule has 1 amide bonds. The van der Waals surface area contributed by atoms with E-state index in [4.69, 9.17) is 4.74 Å². The molecule has 1 N–H and O–H groups in total. The number of carbonyl (C=O) groups is 2. The highest BCUT2D eigenvalue weighted by Gasteiger charge is 2.21. The molecule has 0 fully saturated rings. The van der Waals surface area contributed by atoms with Gasteiger partial charge in [0.05, 0.1) is 17.1 Å². The number of hydrogen-bond acceptors (Lipinski definition) is 4. The van der Waals surface area contributed by atoms with Crippen LogP contribution in [0.5, 0.6) is 0 Å². The zero-order valence-electron chi connectivity index (χ0n) is 16.4. The number of carbonyl (C=O) groups excluding carboxylic acids is 2. The van der Waals surface area contributed by atoms with Crippen LogP contribution in [0, 0.1) is 27.7 Å². The number of nitrogens with zero attached hydrogens (tertiary/aromatic N) is 2. The number of benzene rings is 2. The highest BCUT2D eigenvalue weighted by molar-refractivity contribution is 5.96. The fourth-order valence-corrected chi connectivity index (χ4v) is 3.10. The fraction of sp³-hybridized carbons (Fsp3) is 0.227. The Morgan fingerprint density at radius 3 is 2.43 bits per heavy atom. The number of amides is 1. The van der Waals surface area contributed by atoms with Crippen LogP contribution < -0.4 is 5.32 Å². The lowest BCUT2D eigenvalue weighted by Gasteiger charge is -2.10. The summed E-state index contributed by atoms with van der Waals surface area (Å²) >= 11 is 0. The number of para-hydroxylation sites is 1. The van der Waals surface area contributed by atoms with Crippen LogP contribution in [0.25, 0.3) is 5.69 Å². The van der Waals surface area contributed by atoms with Gasteiger partial charge >= 0.3 is 5.97 Å². The van der Waals surface area contributed by atoms with E-state index in [-0.39, 0.29) is 12.5 Å². The van der Waals surface area contributed by atoms with Gasteiger partial charge < -0.3 is 10.1 Å². The lowest BCUT2D eigenvalue weighted by atomic mass is 10.1. The smallest absolute Gasteiger partial charge is 0.342 e. The Labute approximate surface area is 164 Å². The van der Waals surface area contributed by atoms with Crippen molar-refractivity contribution in [3.8, 4) is 5.69 Å². The van der Waals surface area contributed by atoms with E-state index in [1.165, 1.54) is 0 Å². The number of rotatable bonds is 5.